The zero-order valence-corrected chi connectivity index (χ0v) is 11.8. The monoisotopic (exact) mass is 281 g/mol. The van der Waals surface area contributed by atoms with Crippen molar-refractivity contribution in [2.24, 2.45) is 0 Å². The summed E-state index contributed by atoms with van der Waals surface area (Å²) in [6.45, 7) is 2.13. The second kappa shape index (κ2) is 7.72. The summed E-state index contributed by atoms with van der Waals surface area (Å²) in [6, 6.07) is 6.72. The number of hydrogen-bond donors (Lipinski definition) is 2. The van der Waals surface area contributed by atoms with E-state index in [-0.39, 0.29) is 12.4 Å². The molecule has 1 heterocycles. The molecule has 0 bridgehead atoms. The van der Waals surface area contributed by atoms with Crippen molar-refractivity contribution < 1.29 is 14.6 Å². The van der Waals surface area contributed by atoms with Gasteiger partial charge in [0.2, 0.25) is 0 Å². The van der Waals surface area contributed by atoms with Crippen molar-refractivity contribution in [3.8, 4) is 0 Å². The number of hydrogen-bond acceptors (Lipinski definition) is 3. The van der Waals surface area contributed by atoms with Crippen LogP contribution in [0.15, 0.2) is 24.3 Å². The third-order valence-corrected chi connectivity index (χ3v) is 4.12. The minimum atomic E-state index is -0.607. The van der Waals surface area contributed by atoms with Gasteiger partial charge in [0.15, 0.2) is 0 Å². The van der Waals surface area contributed by atoms with Crippen molar-refractivity contribution in [2.45, 2.75) is 44.2 Å². The molecule has 0 saturated carbocycles. The van der Waals surface area contributed by atoms with Gasteiger partial charge in [0.1, 0.15) is 5.82 Å². The Bertz CT molecular complexity index is 413. The van der Waals surface area contributed by atoms with Crippen molar-refractivity contribution >= 4 is 0 Å². The van der Waals surface area contributed by atoms with Gasteiger partial charge in [-0.3, -0.25) is 0 Å². The number of nitrogens with zero attached hydrogens (tertiary/aromatic N) is 1. The van der Waals surface area contributed by atoms with Crippen LogP contribution in [0.4, 0.5) is 4.39 Å². The first-order valence-corrected chi connectivity index (χ1v) is 7.49. The molecule has 2 rings (SSSR count). The molecule has 3 nitrogen and oxygen atoms in total. The number of benzene rings is 1. The number of aliphatic hydroxyl groups is 2. The molecule has 0 spiro atoms. The van der Waals surface area contributed by atoms with Gasteiger partial charge in [-0.1, -0.05) is 12.1 Å². The van der Waals surface area contributed by atoms with Crippen LogP contribution >= 0.6 is 0 Å². The summed E-state index contributed by atoms with van der Waals surface area (Å²) in [5.41, 5.74) is 0.649. The Kier molecular flexibility index (Phi) is 5.95. The molecule has 1 saturated heterocycles. The van der Waals surface area contributed by atoms with Gasteiger partial charge in [-0.25, -0.2) is 4.39 Å². The predicted molar refractivity (Wildman–Crippen MR) is 76.9 cm³/mol. The lowest BCUT2D eigenvalue weighted by Gasteiger charge is -2.25. The number of halogens is 1. The Balaban J connectivity index is 1.82. The molecule has 1 aromatic rings. The molecule has 1 aliphatic rings. The van der Waals surface area contributed by atoms with E-state index in [2.05, 4.69) is 4.90 Å². The van der Waals surface area contributed by atoms with Crippen molar-refractivity contribution in [3.05, 3.63) is 35.6 Å². The molecule has 1 aromatic carbocycles. The molecule has 20 heavy (non-hydrogen) atoms. The van der Waals surface area contributed by atoms with E-state index in [1.165, 1.54) is 25.0 Å². The molecule has 0 radical (unpaired) electrons. The third-order valence-electron chi connectivity index (χ3n) is 4.12. The first-order chi connectivity index (χ1) is 9.70. The summed E-state index contributed by atoms with van der Waals surface area (Å²) in [4.78, 5) is 2.39. The number of likely N-dealkylation sites (tertiary alicyclic amines) is 1. The van der Waals surface area contributed by atoms with E-state index in [1.807, 2.05) is 0 Å². The van der Waals surface area contributed by atoms with Crippen LogP contribution in [0.25, 0.3) is 0 Å². The fourth-order valence-electron chi connectivity index (χ4n) is 3.01. The van der Waals surface area contributed by atoms with E-state index in [9.17, 15) is 9.50 Å². The average molecular weight is 281 g/mol. The third kappa shape index (κ3) is 4.27. The predicted octanol–water partition coefficient (Wildman–Crippen LogP) is 2.49. The minimum absolute atomic E-state index is 0.246. The maximum atomic E-state index is 13.1. The normalized spacial score (nSPS) is 21.2. The first-order valence-electron chi connectivity index (χ1n) is 7.49. The van der Waals surface area contributed by atoms with Gasteiger partial charge in [-0.2, -0.15) is 0 Å². The van der Waals surface area contributed by atoms with Gasteiger partial charge in [0, 0.05) is 19.2 Å². The number of aliphatic hydroxyl groups excluding tert-OH is 2. The average Bonchev–Trinajstić information content (AvgIpc) is 2.90. The summed E-state index contributed by atoms with van der Waals surface area (Å²) < 4.78 is 13.1. The molecule has 2 unspecified atom stereocenters. The first kappa shape index (κ1) is 15.4. The summed E-state index contributed by atoms with van der Waals surface area (Å²) >= 11 is 0. The zero-order chi connectivity index (χ0) is 14.4. The second-order valence-corrected chi connectivity index (χ2v) is 5.56. The van der Waals surface area contributed by atoms with Gasteiger partial charge in [0.05, 0.1) is 6.10 Å². The van der Waals surface area contributed by atoms with Crippen LogP contribution in [0, 0.1) is 5.82 Å². The highest BCUT2D eigenvalue weighted by molar-refractivity contribution is 5.18. The van der Waals surface area contributed by atoms with Gasteiger partial charge in [-0.15, -0.1) is 0 Å². The highest BCUT2D eigenvalue weighted by atomic mass is 19.1. The van der Waals surface area contributed by atoms with Crippen molar-refractivity contribution in [1.29, 1.82) is 0 Å². The Labute approximate surface area is 120 Å². The molecule has 0 aliphatic carbocycles. The Morgan fingerprint density at radius 2 is 2.25 bits per heavy atom. The Hall–Kier alpha value is -0.970. The quantitative estimate of drug-likeness (QED) is 0.807. The largest absolute Gasteiger partial charge is 0.396 e. The smallest absolute Gasteiger partial charge is 0.123 e. The van der Waals surface area contributed by atoms with Crippen molar-refractivity contribution in [1.82, 2.24) is 4.90 Å². The summed E-state index contributed by atoms with van der Waals surface area (Å²) in [6.07, 6.45) is 4.24. The van der Waals surface area contributed by atoms with Crippen LogP contribution in [-0.4, -0.2) is 40.9 Å². The molecule has 1 fully saturated rings. The van der Waals surface area contributed by atoms with Crippen LogP contribution in [0.2, 0.25) is 0 Å². The van der Waals surface area contributed by atoms with Gasteiger partial charge in [0.25, 0.3) is 0 Å². The SMILES string of the molecule is OCCCC1CCCN1CCC(O)c1cccc(F)c1. The molecule has 112 valence electrons. The van der Waals surface area contributed by atoms with E-state index in [1.54, 1.807) is 12.1 Å². The van der Waals surface area contributed by atoms with E-state index in [4.69, 9.17) is 5.11 Å². The summed E-state index contributed by atoms with van der Waals surface area (Å²) in [5, 5.41) is 19.0. The zero-order valence-electron chi connectivity index (χ0n) is 11.8. The molecule has 2 N–H and O–H groups in total. The molecular weight excluding hydrogens is 257 g/mol. The standard InChI is InChI=1S/C16H24FNO2/c17-14-5-1-4-13(12-14)16(20)8-10-18-9-2-6-15(18)7-3-11-19/h1,4-5,12,15-16,19-20H,2-3,6-11H2. The lowest BCUT2D eigenvalue weighted by molar-refractivity contribution is 0.133. The van der Waals surface area contributed by atoms with Crippen LogP contribution < -0.4 is 0 Å². The highest BCUT2D eigenvalue weighted by Gasteiger charge is 2.24. The van der Waals surface area contributed by atoms with Gasteiger partial charge < -0.3 is 15.1 Å². The van der Waals surface area contributed by atoms with Gasteiger partial charge >= 0.3 is 0 Å². The second-order valence-electron chi connectivity index (χ2n) is 5.56. The summed E-state index contributed by atoms with van der Waals surface area (Å²) in [5.74, 6) is -0.302. The highest BCUT2D eigenvalue weighted by Crippen LogP contribution is 2.24. The van der Waals surface area contributed by atoms with Crippen LogP contribution in [-0.2, 0) is 0 Å². The lowest BCUT2D eigenvalue weighted by Crippen LogP contribution is -2.31. The molecule has 0 amide bonds. The van der Waals surface area contributed by atoms with E-state index in [0.717, 1.165) is 25.9 Å². The Morgan fingerprint density at radius 3 is 3.00 bits per heavy atom. The molecule has 1 aliphatic heterocycles. The molecular formula is C16H24FNO2. The van der Waals surface area contributed by atoms with Crippen LogP contribution in [0.3, 0.4) is 0 Å². The maximum Gasteiger partial charge on any atom is 0.123 e. The molecule has 0 aromatic heterocycles. The topological polar surface area (TPSA) is 43.7 Å². The van der Waals surface area contributed by atoms with Gasteiger partial charge in [-0.05, 0) is 56.3 Å². The minimum Gasteiger partial charge on any atom is -0.396 e. The van der Waals surface area contributed by atoms with Crippen LogP contribution in [0.1, 0.15) is 43.8 Å². The van der Waals surface area contributed by atoms with E-state index in [0.29, 0.717) is 18.0 Å². The number of rotatable bonds is 7. The lowest BCUT2D eigenvalue weighted by atomic mass is 10.1. The molecule has 2 atom stereocenters. The van der Waals surface area contributed by atoms with Crippen molar-refractivity contribution in [3.63, 3.8) is 0 Å². The fraction of sp³-hybridized carbons (Fsp3) is 0.625. The molecule has 4 heteroatoms. The van der Waals surface area contributed by atoms with Crippen LogP contribution in [0.5, 0.6) is 0 Å². The maximum absolute atomic E-state index is 13.1. The Morgan fingerprint density at radius 1 is 1.40 bits per heavy atom. The van der Waals surface area contributed by atoms with Crippen molar-refractivity contribution in [2.75, 3.05) is 19.7 Å². The van der Waals surface area contributed by atoms with E-state index >= 15 is 0 Å². The fourth-order valence-corrected chi connectivity index (χ4v) is 3.01. The summed E-state index contributed by atoms with van der Waals surface area (Å²) in [7, 11) is 0. The van der Waals surface area contributed by atoms with E-state index < -0.39 is 6.10 Å².